The van der Waals surface area contributed by atoms with Crippen LogP contribution in [0.4, 0.5) is 5.69 Å². The Kier molecular flexibility index (Phi) is 11.0. The Labute approximate surface area is 243 Å². The standard InChI is InChI=1S/C35H38N2O4/c1-4-37(32-14-10-7-11-15-32)34(35(38)39-5-2)26-28-16-22-33(23-17-28)40-24-25-41-36-27(3)29-18-20-31(21-19-29)30-12-8-6-9-13-30/h6-23,34H,4-5,24-26H2,1-3H3. The van der Waals surface area contributed by atoms with E-state index in [0.29, 0.717) is 32.8 Å². The largest absolute Gasteiger partial charge is 0.490 e. The van der Waals surface area contributed by atoms with Gasteiger partial charge in [0.25, 0.3) is 0 Å². The van der Waals surface area contributed by atoms with Gasteiger partial charge in [-0.2, -0.15) is 0 Å². The summed E-state index contributed by atoms with van der Waals surface area (Å²) >= 11 is 0. The topological polar surface area (TPSA) is 60.4 Å². The molecule has 0 N–H and O–H groups in total. The zero-order chi connectivity index (χ0) is 28.9. The summed E-state index contributed by atoms with van der Waals surface area (Å²) in [6, 6.07) is 35.9. The molecule has 41 heavy (non-hydrogen) atoms. The number of esters is 1. The number of carbonyl (C=O) groups excluding carboxylic acids is 1. The molecule has 6 nitrogen and oxygen atoms in total. The molecule has 0 heterocycles. The molecule has 0 amide bonds. The second kappa shape index (κ2) is 15.3. The SMILES string of the molecule is CCOC(=O)C(Cc1ccc(OCCON=C(C)c2ccc(-c3ccccc3)cc2)cc1)N(CC)c1ccccc1. The van der Waals surface area contributed by atoms with Crippen LogP contribution in [0, 0.1) is 0 Å². The Balaban J connectivity index is 1.27. The number of anilines is 1. The quantitative estimate of drug-likeness (QED) is 0.0721. The third-order valence-corrected chi connectivity index (χ3v) is 6.77. The van der Waals surface area contributed by atoms with E-state index in [-0.39, 0.29) is 5.97 Å². The van der Waals surface area contributed by atoms with Crippen LogP contribution in [0.5, 0.6) is 5.75 Å². The van der Waals surface area contributed by atoms with Crippen LogP contribution in [0.15, 0.2) is 114 Å². The highest BCUT2D eigenvalue weighted by Crippen LogP contribution is 2.22. The predicted molar refractivity (Wildman–Crippen MR) is 166 cm³/mol. The van der Waals surface area contributed by atoms with Crippen LogP contribution in [0.25, 0.3) is 11.1 Å². The van der Waals surface area contributed by atoms with E-state index in [2.05, 4.69) is 46.5 Å². The van der Waals surface area contributed by atoms with Gasteiger partial charge in [-0.15, -0.1) is 0 Å². The van der Waals surface area contributed by atoms with Crippen molar-refractivity contribution >= 4 is 17.4 Å². The van der Waals surface area contributed by atoms with Crippen molar-refractivity contribution in [3.63, 3.8) is 0 Å². The van der Waals surface area contributed by atoms with Gasteiger partial charge < -0.3 is 19.2 Å². The van der Waals surface area contributed by atoms with Gasteiger partial charge in [0.15, 0.2) is 6.61 Å². The van der Waals surface area contributed by atoms with Gasteiger partial charge in [-0.05, 0) is 67.3 Å². The highest BCUT2D eigenvalue weighted by molar-refractivity contribution is 5.98. The lowest BCUT2D eigenvalue weighted by atomic mass is 10.0. The Bertz CT molecular complexity index is 1370. The molecule has 6 heteroatoms. The predicted octanol–water partition coefficient (Wildman–Crippen LogP) is 7.17. The summed E-state index contributed by atoms with van der Waals surface area (Å²) < 4.78 is 11.3. The summed E-state index contributed by atoms with van der Waals surface area (Å²) in [5.41, 5.74) is 6.19. The molecule has 1 unspecified atom stereocenters. The highest BCUT2D eigenvalue weighted by atomic mass is 16.6. The summed E-state index contributed by atoms with van der Waals surface area (Å²) in [7, 11) is 0. The first kappa shape index (κ1) is 29.4. The zero-order valence-electron chi connectivity index (χ0n) is 24.0. The van der Waals surface area contributed by atoms with Crippen molar-refractivity contribution in [1.82, 2.24) is 0 Å². The molecule has 4 aromatic carbocycles. The summed E-state index contributed by atoms with van der Waals surface area (Å²) in [5.74, 6) is 0.510. The molecule has 4 aromatic rings. The van der Waals surface area contributed by atoms with Crippen molar-refractivity contribution in [3.05, 3.63) is 120 Å². The smallest absolute Gasteiger partial charge is 0.329 e. The van der Waals surface area contributed by atoms with Gasteiger partial charge in [0.05, 0.1) is 12.3 Å². The van der Waals surface area contributed by atoms with E-state index >= 15 is 0 Å². The van der Waals surface area contributed by atoms with E-state index in [4.69, 9.17) is 14.3 Å². The number of oxime groups is 1. The third-order valence-electron chi connectivity index (χ3n) is 6.77. The lowest BCUT2D eigenvalue weighted by Gasteiger charge is -2.31. The van der Waals surface area contributed by atoms with Crippen LogP contribution in [0.1, 0.15) is 31.9 Å². The number of rotatable bonds is 14. The van der Waals surface area contributed by atoms with Crippen molar-refractivity contribution in [1.29, 1.82) is 0 Å². The average Bonchev–Trinajstić information content (AvgIpc) is 3.02. The normalized spacial score (nSPS) is 11.9. The Morgan fingerprint density at radius 1 is 0.780 bits per heavy atom. The van der Waals surface area contributed by atoms with E-state index in [1.165, 1.54) is 5.56 Å². The van der Waals surface area contributed by atoms with E-state index in [9.17, 15) is 4.79 Å². The van der Waals surface area contributed by atoms with Crippen molar-refractivity contribution in [2.75, 3.05) is 31.3 Å². The monoisotopic (exact) mass is 550 g/mol. The van der Waals surface area contributed by atoms with Gasteiger partial charge in [0.1, 0.15) is 18.4 Å². The van der Waals surface area contributed by atoms with Gasteiger partial charge in [-0.3, -0.25) is 0 Å². The van der Waals surface area contributed by atoms with Crippen LogP contribution in [0.3, 0.4) is 0 Å². The molecule has 0 spiro atoms. The number of para-hydroxylation sites is 1. The fourth-order valence-electron chi connectivity index (χ4n) is 4.63. The van der Waals surface area contributed by atoms with Crippen molar-refractivity contribution in [2.45, 2.75) is 33.2 Å². The molecular formula is C35H38N2O4. The molecular weight excluding hydrogens is 512 g/mol. The van der Waals surface area contributed by atoms with Crippen LogP contribution in [0.2, 0.25) is 0 Å². The molecule has 0 fully saturated rings. The lowest BCUT2D eigenvalue weighted by Crippen LogP contribution is -2.44. The number of likely N-dealkylation sites (N-methyl/N-ethyl adjacent to an activating group) is 1. The highest BCUT2D eigenvalue weighted by Gasteiger charge is 2.27. The first-order valence-corrected chi connectivity index (χ1v) is 14.1. The Morgan fingerprint density at radius 3 is 2.05 bits per heavy atom. The second-order valence-corrected chi connectivity index (χ2v) is 9.54. The second-order valence-electron chi connectivity index (χ2n) is 9.54. The Hall–Kier alpha value is -4.58. The minimum Gasteiger partial charge on any atom is -0.490 e. The maximum absolute atomic E-state index is 12.9. The molecule has 0 aliphatic heterocycles. The fraction of sp³-hybridized carbons (Fsp3) is 0.257. The summed E-state index contributed by atoms with van der Waals surface area (Å²) in [6.07, 6.45) is 0.533. The lowest BCUT2D eigenvalue weighted by molar-refractivity contribution is -0.144. The minimum absolute atomic E-state index is 0.223. The minimum atomic E-state index is -0.418. The van der Waals surface area contributed by atoms with E-state index < -0.39 is 6.04 Å². The third kappa shape index (κ3) is 8.45. The molecule has 4 rings (SSSR count). The number of hydrogen-bond acceptors (Lipinski definition) is 6. The van der Waals surface area contributed by atoms with Gasteiger partial charge >= 0.3 is 5.97 Å². The number of hydrogen-bond donors (Lipinski definition) is 0. The summed E-state index contributed by atoms with van der Waals surface area (Å²) in [5, 5.41) is 4.24. The van der Waals surface area contributed by atoms with Crippen LogP contribution in [-0.2, 0) is 20.8 Å². The molecule has 0 radical (unpaired) electrons. The van der Waals surface area contributed by atoms with Gasteiger partial charge in [-0.1, -0.05) is 90.1 Å². The van der Waals surface area contributed by atoms with Crippen LogP contribution >= 0.6 is 0 Å². The maximum Gasteiger partial charge on any atom is 0.329 e. The van der Waals surface area contributed by atoms with Gasteiger partial charge in [-0.25, -0.2) is 4.79 Å². The number of nitrogens with zero attached hydrogens (tertiary/aromatic N) is 2. The summed E-state index contributed by atoms with van der Waals surface area (Å²) in [4.78, 5) is 20.5. The van der Waals surface area contributed by atoms with E-state index in [0.717, 1.165) is 33.8 Å². The Morgan fingerprint density at radius 2 is 1.41 bits per heavy atom. The van der Waals surface area contributed by atoms with Gasteiger partial charge in [0, 0.05) is 18.7 Å². The zero-order valence-corrected chi connectivity index (χ0v) is 24.0. The van der Waals surface area contributed by atoms with Crippen LogP contribution < -0.4 is 9.64 Å². The molecule has 0 aliphatic carbocycles. The first-order valence-electron chi connectivity index (χ1n) is 14.1. The van der Waals surface area contributed by atoms with E-state index in [1.54, 1.807) is 0 Å². The number of benzene rings is 4. The molecule has 212 valence electrons. The molecule has 0 aromatic heterocycles. The van der Waals surface area contributed by atoms with E-state index in [1.807, 2.05) is 93.6 Å². The molecule has 0 saturated carbocycles. The maximum atomic E-state index is 12.9. The van der Waals surface area contributed by atoms with Crippen molar-refractivity contribution in [3.8, 4) is 16.9 Å². The molecule has 0 saturated heterocycles. The number of carbonyl (C=O) groups is 1. The average molecular weight is 551 g/mol. The van der Waals surface area contributed by atoms with Crippen molar-refractivity contribution < 1.29 is 19.1 Å². The first-order chi connectivity index (χ1) is 20.1. The molecule has 0 bridgehead atoms. The van der Waals surface area contributed by atoms with Crippen LogP contribution in [-0.4, -0.2) is 44.1 Å². The summed E-state index contributed by atoms with van der Waals surface area (Å²) in [6.45, 7) is 7.54. The fourth-order valence-corrected chi connectivity index (χ4v) is 4.63. The molecule has 1 atom stereocenters. The molecule has 0 aliphatic rings. The number of ether oxygens (including phenoxy) is 2. The van der Waals surface area contributed by atoms with Crippen molar-refractivity contribution in [2.24, 2.45) is 5.16 Å². The van der Waals surface area contributed by atoms with Gasteiger partial charge in [0.2, 0.25) is 0 Å².